The number of anilines is 1. The first-order chi connectivity index (χ1) is 12.5. The topological polar surface area (TPSA) is 92.7 Å². The number of hydrogen-bond donors (Lipinski definition) is 2. The van der Waals surface area contributed by atoms with Gasteiger partial charge in [0.2, 0.25) is 5.91 Å². The number of carbonyl (C=O) groups excluding carboxylic acids is 1. The molecular weight excluding hydrogens is 330 g/mol. The molecule has 0 spiro atoms. The predicted molar refractivity (Wildman–Crippen MR) is 98.4 cm³/mol. The molecule has 4 rings (SSSR count). The molecule has 1 atom stereocenters. The Labute approximate surface area is 152 Å². The van der Waals surface area contributed by atoms with Crippen LogP contribution in [0.15, 0.2) is 17.1 Å². The highest BCUT2D eigenvalue weighted by Gasteiger charge is 2.35. The molecule has 2 aromatic rings. The first kappa shape index (κ1) is 17.0. The van der Waals surface area contributed by atoms with E-state index >= 15 is 0 Å². The second-order valence-corrected chi connectivity index (χ2v) is 7.66. The highest BCUT2D eigenvalue weighted by molar-refractivity contribution is 5.94. The summed E-state index contributed by atoms with van der Waals surface area (Å²) in [6, 6.07) is 2.06. The van der Waals surface area contributed by atoms with Gasteiger partial charge in [0.1, 0.15) is 11.6 Å². The normalized spacial score (nSPS) is 20.9. The van der Waals surface area contributed by atoms with Crippen molar-refractivity contribution in [2.75, 3.05) is 5.32 Å². The van der Waals surface area contributed by atoms with Crippen molar-refractivity contribution in [2.24, 2.45) is 0 Å². The van der Waals surface area contributed by atoms with Gasteiger partial charge in [0.15, 0.2) is 0 Å². The van der Waals surface area contributed by atoms with E-state index in [4.69, 9.17) is 0 Å². The maximum atomic E-state index is 12.8. The number of aromatic amines is 1. The largest absolute Gasteiger partial charge is 0.311 e. The van der Waals surface area contributed by atoms with E-state index in [1.165, 1.54) is 6.42 Å². The van der Waals surface area contributed by atoms with Gasteiger partial charge in [-0.15, -0.1) is 0 Å². The van der Waals surface area contributed by atoms with Crippen LogP contribution in [0.5, 0.6) is 0 Å². The molecule has 138 valence electrons. The highest BCUT2D eigenvalue weighted by Crippen LogP contribution is 2.38. The molecule has 2 aromatic heterocycles. The first-order valence-corrected chi connectivity index (χ1v) is 9.51. The third kappa shape index (κ3) is 2.95. The zero-order chi connectivity index (χ0) is 18.3. The standard InChI is InChI=1S/C19H25N5O2/c1-11(2)17-20-9-8-14(21-17)13-10-15(25)22-18-16(13)19(26)23-24(18)12-6-4-3-5-7-12/h8-9,11-13H,3-7,10H2,1-2H3,(H,22,25)(H,23,26). The Hall–Kier alpha value is -2.44. The Kier molecular flexibility index (Phi) is 4.38. The Bertz CT molecular complexity index is 876. The molecule has 1 unspecified atom stereocenters. The number of hydrogen-bond acceptors (Lipinski definition) is 4. The van der Waals surface area contributed by atoms with Gasteiger partial charge in [-0.25, -0.2) is 9.97 Å². The highest BCUT2D eigenvalue weighted by atomic mass is 16.2. The van der Waals surface area contributed by atoms with Crippen molar-refractivity contribution in [3.05, 3.63) is 39.7 Å². The Balaban J connectivity index is 1.79. The van der Waals surface area contributed by atoms with Crippen LogP contribution in [-0.4, -0.2) is 25.7 Å². The van der Waals surface area contributed by atoms with Crippen molar-refractivity contribution < 1.29 is 4.79 Å². The minimum absolute atomic E-state index is 0.0734. The van der Waals surface area contributed by atoms with Gasteiger partial charge in [-0.2, -0.15) is 0 Å². The molecule has 7 nitrogen and oxygen atoms in total. The van der Waals surface area contributed by atoms with Gasteiger partial charge >= 0.3 is 0 Å². The van der Waals surface area contributed by atoms with Gasteiger partial charge in [0.05, 0.1) is 17.3 Å². The lowest BCUT2D eigenvalue weighted by Gasteiger charge is -2.27. The summed E-state index contributed by atoms with van der Waals surface area (Å²) in [6.45, 7) is 4.06. The van der Waals surface area contributed by atoms with Crippen LogP contribution in [0.3, 0.4) is 0 Å². The minimum atomic E-state index is -0.326. The lowest BCUT2D eigenvalue weighted by Crippen LogP contribution is -2.28. The number of nitrogens with zero attached hydrogens (tertiary/aromatic N) is 3. The van der Waals surface area contributed by atoms with Crippen LogP contribution in [0.25, 0.3) is 0 Å². The lowest BCUT2D eigenvalue weighted by molar-refractivity contribution is -0.116. The maximum Gasteiger partial charge on any atom is 0.270 e. The molecule has 1 aliphatic heterocycles. The van der Waals surface area contributed by atoms with Crippen molar-refractivity contribution in [2.45, 2.75) is 70.3 Å². The molecule has 0 bridgehead atoms. The third-order valence-electron chi connectivity index (χ3n) is 5.47. The number of nitrogens with one attached hydrogen (secondary N) is 2. The molecule has 7 heteroatoms. The fourth-order valence-electron chi connectivity index (χ4n) is 4.11. The summed E-state index contributed by atoms with van der Waals surface area (Å²) in [5, 5.41) is 5.92. The van der Waals surface area contributed by atoms with Crippen molar-refractivity contribution in [3.63, 3.8) is 0 Å². The van der Waals surface area contributed by atoms with Gasteiger partial charge in [0, 0.05) is 24.5 Å². The fraction of sp³-hybridized carbons (Fsp3) is 0.579. The van der Waals surface area contributed by atoms with Gasteiger partial charge in [-0.3, -0.25) is 19.4 Å². The summed E-state index contributed by atoms with van der Waals surface area (Å²) < 4.78 is 1.89. The fourth-order valence-corrected chi connectivity index (χ4v) is 4.11. The summed E-state index contributed by atoms with van der Waals surface area (Å²) >= 11 is 0. The zero-order valence-corrected chi connectivity index (χ0v) is 15.3. The van der Waals surface area contributed by atoms with Crippen LogP contribution in [-0.2, 0) is 4.79 Å². The average molecular weight is 355 g/mol. The minimum Gasteiger partial charge on any atom is -0.311 e. The molecular formula is C19H25N5O2. The number of carbonyl (C=O) groups is 1. The molecule has 2 N–H and O–H groups in total. The number of aromatic nitrogens is 4. The monoisotopic (exact) mass is 355 g/mol. The molecule has 0 saturated heterocycles. The third-order valence-corrected chi connectivity index (χ3v) is 5.47. The first-order valence-electron chi connectivity index (χ1n) is 9.51. The Morgan fingerprint density at radius 1 is 1.19 bits per heavy atom. The molecule has 1 amide bonds. The van der Waals surface area contributed by atoms with Crippen LogP contribution in [0.1, 0.15) is 87.3 Å². The number of amides is 1. The summed E-state index contributed by atoms with van der Waals surface area (Å²) in [5.74, 6) is 1.16. The summed E-state index contributed by atoms with van der Waals surface area (Å²) in [5.41, 5.74) is 1.25. The number of rotatable bonds is 3. The van der Waals surface area contributed by atoms with E-state index in [0.29, 0.717) is 11.4 Å². The molecule has 0 aromatic carbocycles. The van der Waals surface area contributed by atoms with Crippen LogP contribution >= 0.6 is 0 Å². The van der Waals surface area contributed by atoms with E-state index < -0.39 is 0 Å². The predicted octanol–water partition coefficient (Wildman–Crippen LogP) is 3.07. The molecule has 1 fully saturated rings. The van der Waals surface area contributed by atoms with Crippen molar-refractivity contribution >= 4 is 11.7 Å². The molecule has 3 heterocycles. The summed E-state index contributed by atoms with van der Waals surface area (Å²) in [4.78, 5) is 34.1. The average Bonchev–Trinajstić information content (AvgIpc) is 2.98. The zero-order valence-electron chi connectivity index (χ0n) is 15.3. The van der Waals surface area contributed by atoms with E-state index in [9.17, 15) is 9.59 Å². The van der Waals surface area contributed by atoms with Crippen molar-refractivity contribution in [1.82, 2.24) is 19.7 Å². The smallest absolute Gasteiger partial charge is 0.270 e. The van der Waals surface area contributed by atoms with Gasteiger partial charge < -0.3 is 5.32 Å². The van der Waals surface area contributed by atoms with Crippen molar-refractivity contribution in [3.8, 4) is 0 Å². The van der Waals surface area contributed by atoms with Crippen LogP contribution < -0.4 is 10.9 Å². The second-order valence-electron chi connectivity index (χ2n) is 7.66. The SMILES string of the molecule is CC(C)c1nccc(C2CC(=O)Nc3c2c(=O)[nH]n3C2CCCCC2)n1. The van der Waals surface area contributed by atoms with E-state index in [0.717, 1.165) is 37.2 Å². The molecule has 2 aliphatic rings. The number of H-pyrrole nitrogens is 1. The van der Waals surface area contributed by atoms with E-state index in [-0.39, 0.29) is 35.8 Å². The molecule has 1 saturated carbocycles. The summed E-state index contributed by atoms with van der Waals surface area (Å²) in [7, 11) is 0. The molecule has 0 radical (unpaired) electrons. The van der Waals surface area contributed by atoms with Gasteiger partial charge in [-0.1, -0.05) is 33.1 Å². The Morgan fingerprint density at radius 3 is 2.69 bits per heavy atom. The van der Waals surface area contributed by atoms with E-state index in [1.807, 2.05) is 24.6 Å². The maximum absolute atomic E-state index is 12.8. The van der Waals surface area contributed by atoms with Crippen LogP contribution in [0.4, 0.5) is 5.82 Å². The van der Waals surface area contributed by atoms with Gasteiger partial charge in [-0.05, 0) is 18.9 Å². The van der Waals surface area contributed by atoms with E-state index in [2.05, 4.69) is 20.4 Å². The summed E-state index contributed by atoms with van der Waals surface area (Å²) in [6.07, 6.45) is 7.56. The molecule has 1 aliphatic carbocycles. The van der Waals surface area contributed by atoms with Crippen molar-refractivity contribution in [1.29, 1.82) is 0 Å². The van der Waals surface area contributed by atoms with E-state index in [1.54, 1.807) is 6.20 Å². The molecule has 26 heavy (non-hydrogen) atoms. The van der Waals surface area contributed by atoms with Gasteiger partial charge in [0.25, 0.3) is 5.56 Å². The quantitative estimate of drug-likeness (QED) is 0.885. The second kappa shape index (κ2) is 6.70. The van der Waals surface area contributed by atoms with Crippen LogP contribution in [0, 0.1) is 0 Å². The lowest BCUT2D eigenvalue weighted by atomic mass is 9.90. The van der Waals surface area contributed by atoms with Crippen LogP contribution in [0.2, 0.25) is 0 Å². The Morgan fingerprint density at radius 2 is 1.96 bits per heavy atom. The number of fused-ring (bicyclic) bond motifs is 1.